The van der Waals surface area contributed by atoms with E-state index in [9.17, 15) is 4.79 Å². The van der Waals surface area contributed by atoms with E-state index < -0.39 is 0 Å². The molecular weight excluding hydrogens is 392 g/mol. The molecule has 0 radical (unpaired) electrons. The van der Waals surface area contributed by atoms with E-state index in [0.29, 0.717) is 12.2 Å². The van der Waals surface area contributed by atoms with E-state index in [4.69, 9.17) is 9.47 Å². The van der Waals surface area contributed by atoms with Crippen LogP contribution in [0, 0.1) is 20.8 Å². The third-order valence-electron chi connectivity index (χ3n) is 5.95. The summed E-state index contributed by atoms with van der Waals surface area (Å²) in [5, 5.41) is 5.45. The summed E-state index contributed by atoms with van der Waals surface area (Å²) in [6, 6.07) is 6.23. The number of aromatic nitrogens is 3. The maximum atomic E-state index is 12.7. The zero-order valence-electron chi connectivity index (χ0n) is 18.9. The van der Waals surface area contributed by atoms with Crippen LogP contribution in [0.3, 0.4) is 0 Å². The van der Waals surface area contributed by atoms with Gasteiger partial charge in [-0.25, -0.2) is 9.78 Å². The van der Waals surface area contributed by atoms with Gasteiger partial charge in [0, 0.05) is 39.2 Å². The van der Waals surface area contributed by atoms with Gasteiger partial charge in [0.1, 0.15) is 17.4 Å². The summed E-state index contributed by atoms with van der Waals surface area (Å²) in [6.45, 7) is 9.84. The molecule has 3 aromatic rings. The fourth-order valence-electron chi connectivity index (χ4n) is 4.43. The topological polar surface area (TPSA) is 69.5 Å². The number of pyridine rings is 1. The summed E-state index contributed by atoms with van der Waals surface area (Å²) in [4.78, 5) is 19.5. The average molecular weight is 423 g/mol. The molecule has 1 aromatic carbocycles. The molecule has 0 saturated carbocycles. The van der Waals surface area contributed by atoms with Crippen molar-refractivity contribution in [2.75, 3.05) is 24.6 Å². The van der Waals surface area contributed by atoms with Gasteiger partial charge in [-0.15, -0.1) is 0 Å². The maximum Gasteiger partial charge on any atom is 0.341 e. The van der Waals surface area contributed by atoms with Gasteiger partial charge in [0.2, 0.25) is 0 Å². The van der Waals surface area contributed by atoms with Crippen LogP contribution in [0.25, 0.3) is 11.0 Å². The molecule has 4 rings (SSSR count). The molecule has 0 unspecified atom stereocenters. The van der Waals surface area contributed by atoms with Gasteiger partial charge in [0.25, 0.3) is 0 Å². The number of benzene rings is 1. The molecule has 0 bridgehead atoms. The molecule has 0 N–H and O–H groups in total. The van der Waals surface area contributed by atoms with Crippen molar-refractivity contribution in [3.63, 3.8) is 0 Å². The Labute approximate surface area is 183 Å². The van der Waals surface area contributed by atoms with Gasteiger partial charge < -0.3 is 14.4 Å². The van der Waals surface area contributed by atoms with Gasteiger partial charge in [0.15, 0.2) is 5.65 Å². The van der Waals surface area contributed by atoms with Crippen LogP contribution in [-0.4, -0.2) is 46.5 Å². The van der Waals surface area contributed by atoms with Crippen LogP contribution < -0.4 is 9.64 Å². The Hall–Kier alpha value is -3.09. The predicted octanol–water partition coefficient (Wildman–Crippen LogP) is 4.12. The van der Waals surface area contributed by atoms with E-state index in [-0.39, 0.29) is 12.1 Å². The first-order chi connectivity index (χ1) is 14.9. The summed E-state index contributed by atoms with van der Waals surface area (Å²) in [5.41, 5.74) is 5.33. The Bertz CT molecular complexity index is 1090. The SMILES string of the molecule is CCOC(=O)c1cnc2c(c(C)nn2C)c1N1CCC(Oc2c(C)cccc2C)CC1. The molecule has 1 saturated heterocycles. The van der Waals surface area contributed by atoms with Crippen molar-refractivity contribution in [1.29, 1.82) is 0 Å². The van der Waals surface area contributed by atoms with E-state index >= 15 is 0 Å². The van der Waals surface area contributed by atoms with Crippen LogP contribution in [0.4, 0.5) is 5.69 Å². The predicted molar refractivity (Wildman–Crippen MR) is 121 cm³/mol. The number of para-hydroxylation sites is 1. The lowest BCUT2D eigenvalue weighted by atomic mass is 10.0. The Kier molecular flexibility index (Phi) is 5.85. The highest BCUT2D eigenvalue weighted by Gasteiger charge is 2.29. The van der Waals surface area contributed by atoms with Crippen molar-refractivity contribution in [3.05, 3.63) is 46.8 Å². The Morgan fingerprint density at radius 2 is 1.84 bits per heavy atom. The van der Waals surface area contributed by atoms with Gasteiger partial charge >= 0.3 is 5.97 Å². The molecule has 0 aliphatic carbocycles. The number of anilines is 1. The summed E-state index contributed by atoms with van der Waals surface area (Å²) in [6.07, 6.45) is 3.52. The smallest absolute Gasteiger partial charge is 0.341 e. The number of hydrogen-bond donors (Lipinski definition) is 0. The van der Waals surface area contributed by atoms with E-state index in [1.54, 1.807) is 10.9 Å². The van der Waals surface area contributed by atoms with Gasteiger partial charge in [-0.1, -0.05) is 18.2 Å². The van der Waals surface area contributed by atoms with Crippen LogP contribution in [-0.2, 0) is 11.8 Å². The molecule has 1 aliphatic rings. The van der Waals surface area contributed by atoms with Crippen molar-refractivity contribution < 1.29 is 14.3 Å². The summed E-state index contributed by atoms with van der Waals surface area (Å²) in [7, 11) is 1.88. The van der Waals surface area contributed by atoms with Crippen molar-refractivity contribution in [3.8, 4) is 5.75 Å². The fraction of sp³-hybridized carbons (Fsp3) is 0.458. The van der Waals surface area contributed by atoms with Crippen molar-refractivity contribution >= 4 is 22.7 Å². The van der Waals surface area contributed by atoms with Crippen LogP contribution in [0.1, 0.15) is 46.9 Å². The first kappa shape index (κ1) is 21.2. The molecule has 0 atom stereocenters. The number of esters is 1. The zero-order chi connectivity index (χ0) is 22.1. The lowest BCUT2D eigenvalue weighted by Crippen LogP contribution is -2.39. The summed E-state index contributed by atoms with van der Waals surface area (Å²) >= 11 is 0. The summed E-state index contributed by atoms with van der Waals surface area (Å²) in [5.74, 6) is 0.645. The first-order valence-corrected chi connectivity index (χ1v) is 10.9. The van der Waals surface area contributed by atoms with Crippen LogP contribution in [0.2, 0.25) is 0 Å². The van der Waals surface area contributed by atoms with E-state index in [2.05, 4.69) is 47.0 Å². The highest BCUT2D eigenvalue weighted by atomic mass is 16.5. The lowest BCUT2D eigenvalue weighted by Gasteiger charge is -2.35. The monoisotopic (exact) mass is 422 g/mol. The number of nitrogens with zero attached hydrogens (tertiary/aromatic N) is 4. The van der Waals surface area contributed by atoms with Crippen LogP contribution in [0.5, 0.6) is 5.75 Å². The van der Waals surface area contributed by atoms with Gasteiger partial charge in [-0.3, -0.25) is 4.68 Å². The normalized spacial score (nSPS) is 14.8. The minimum absolute atomic E-state index is 0.148. The molecule has 3 heterocycles. The largest absolute Gasteiger partial charge is 0.490 e. The number of ether oxygens (including phenoxy) is 2. The molecular formula is C24H30N4O3. The second-order valence-corrected chi connectivity index (χ2v) is 8.17. The second-order valence-electron chi connectivity index (χ2n) is 8.17. The second kappa shape index (κ2) is 8.57. The van der Waals surface area contributed by atoms with Gasteiger partial charge in [-0.05, 0) is 38.8 Å². The maximum absolute atomic E-state index is 12.7. The number of carbonyl (C=O) groups is 1. The number of carbonyl (C=O) groups excluding carboxylic acids is 1. The Balaban J connectivity index is 1.62. The fourth-order valence-corrected chi connectivity index (χ4v) is 4.43. The molecule has 0 spiro atoms. The van der Waals surface area contributed by atoms with Crippen molar-refractivity contribution in [2.45, 2.75) is 46.6 Å². The quantitative estimate of drug-likeness (QED) is 0.576. The van der Waals surface area contributed by atoms with Gasteiger partial charge in [0.05, 0.1) is 23.4 Å². The van der Waals surface area contributed by atoms with Crippen molar-refractivity contribution in [1.82, 2.24) is 14.8 Å². The van der Waals surface area contributed by atoms with Gasteiger partial charge in [-0.2, -0.15) is 5.10 Å². The van der Waals surface area contributed by atoms with E-state index in [0.717, 1.165) is 65.2 Å². The summed E-state index contributed by atoms with van der Waals surface area (Å²) < 4.78 is 13.5. The zero-order valence-corrected chi connectivity index (χ0v) is 18.9. The number of rotatable bonds is 5. The molecule has 0 amide bonds. The lowest BCUT2D eigenvalue weighted by molar-refractivity contribution is 0.0526. The highest BCUT2D eigenvalue weighted by molar-refractivity contribution is 6.05. The molecule has 31 heavy (non-hydrogen) atoms. The molecule has 2 aromatic heterocycles. The van der Waals surface area contributed by atoms with E-state index in [1.807, 2.05) is 20.9 Å². The average Bonchev–Trinajstić information content (AvgIpc) is 3.04. The number of piperidine rings is 1. The molecule has 164 valence electrons. The van der Waals surface area contributed by atoms with Crippen molar-refractivity contribution in [2.24, 2.45) is 7.05 Å². The highest BCUT2D eigenvalue weighted by Crippen LogP contribution is 2.35. The Morgan fingerprint density at radius 1 is 1.16 bits per heavy atom. The minimum Gasteiger partial charge on any atom is -0.490 e. The van der Waals surface area contributed by atoms with Crippen LogP contribution in [0.15, 0.2) is 24.4 Å². The first-order valence-electron chi connectivity index (χ1n) is 10.9. The number of fused-ring (bicyclic) bond motifs is 1. The standard InChI is InChI=1S/C24H30N4O3/c1-6-30-24(29)19-14-25-23-20(17(4)26-27(23)5)21(19)28-12-10-18(11-13-28)31-22-15(2)8-7-9-16(22)3/h7-9,14,18H,6,10-13H2,1-5H3. The third-order valence-corrected chi connectivity index (χ3v) is 5.95. The number of aryl methyl sites for hydroxylation is 4. The molecule has 7 heteroatoms. The minimum atomic E-state index is -0.343. The van der Waals surface area contributed by atoms with E-state index in [1.165, 1.54) is 0 Å². The third kappa shape index (κ3) is 3.96. The molecule has 7 nitrogen and oxygen atoms in total. The number of hydrogen-bond acceptors (Lipinski definition) is 6. The van der Waals surface area contributed by atoms with Crippen LogP contribution >= 0.6 is 0 Å². The molecule has 1 aliphatic heterocycles. The molecule has 1 fully saturated rings. The Morgan fingerprint density at radius 3 is 2.48 bits per heavy atom.